The van der Waals surface area contributed by atoms with Crippen LogP contribution in [0.5, 0.6) is 5.75 Å². The molecule has 28 heavy (non-hydrogen) atoms. The summed E-state index contributed by atoms with van der Waals surface area (Å²) < 4.78 is 11.7. The Morgan fingerprint density at radius 2 is 1.79 bits per heavy atom. The number of amides is 1. The Balaban J connectivity index is 1.34. The van der Waals surface area contributed by atoms with Crippen LogP contribution >= 0.6 is 0 Å². The highest BCUT2D eigenvalue weighted by Crippen LogP contribution is 2.51. The smallest absolute Gasteiger partial charge is 0.233 e. The van der Waals surface area contributed by atoms with Gasteiger partial charge in [-0.25, -0.2) is 0 Å². The lowest BCUT2D eigenvalue weighted by Crippen LogP contribution is -2.50. The topological polar surface area (TPSA) is 38.8 Å². The molecule has 0 bridgehead atoms. The van der Waals surface area contributed by atoms with Crippen molar-refractivity contribution in [3.05, 3.63) is 65.2 Å². The average molecular weight is 377 g/mol. The quantitative estimate of drug-likeness (QED) is 0.816. The standard InChI is InChI=1S/C24H27NO3/c1-27-20-7-8-21-18(17-20)9-16-28-24(21)12-14-25(15-13-24)22(26)23(10-11-23)19-5-3-2-4-6-19/h2-8,17H,9-16H2,1H3. The van der Waals surface area contributed by atoms with Crippen molar-refractivity contribution in [1.82, 2.24) is 4.90 Å². The van der Waals surface area contributed by atoms with Gasteiger partial charge in [-0.15, -0.1) is 0 Å². The van der Waals surface area contributed by atoms with Gasteiger partial charge in [-0.3, -0.25) is 4.79 Å². The van der Waals surface area contributed by atoms with Crippen LogP contribution in [0.2, 0.25) is 0 Å². The first-order valence-corrected chi connectivity index (χ1v) is 10.3. The minimum Gasteiger partial charge on any atom is -0.497 e. The molecule has 4 heteroatoms. The molecule has 0 radical (unpaired) electrons. The molecule has 1 saturated heterocycles. The number of methoxy groups -OCH3 is 1. The van der Waals surface area contributed by atoms with Gasteiger partial charge < -0.3 is 14.4 Å². The molecule has 5 rings (SSSR count). The van der Waals surface area contributed by atoms with Gasteiger partial charge >= 0.3 is 0 Å². The maximum Gasteiger partial charge on any atom is 0.233 e. The molecule has 2 heterocycles. The van der Waals surface area contributed by atoms with Crippen LogP contribution in [0.3, 0.4) is 0 Å². The molecule has 0 unspecified atom stereocenters. The van der Waals surface area contributed by atoms with Crippen molar-refractivity contribution in [3.63, 3.8) is 0 Å². The van der Waals surface area contributed by atoms with Crippen molar-refractivity contribution < 1.29 is 14.3 Å². The van der Waals surface area contributed by atoms with Gasteiger partial charge in [0.1, 0.15) is 5.75 Å². The van der Waals surface area contributed by atoms with Crippen LogP contribution in [0.15, 0.2) is 48.5 Å². The Hall–Kier alpha value is -2.33. The van der Waals surface area contributed by atoms with Gasteiger partial charge in [0.2, 0.25) is 5.91 Å². The normalized spacial score (nSPS) is 21.8. The van der Waals surface area contributed by atoms with Crippen molar-refractivity contribution in [3.8, 4) is 5.75 Å². The van der Waals surface area contributed by atoms with Crippen LogP contribution in [0.4, 0.5) is 0 Å². The highest BCUT2D eigenvalue weighted by atomic mass is 16.5. The molecule has 2 aromatic carbocycles. The van der Waals surface area contributed by atoms with Crippen LogP contribution in [0.25, 0.3) is 0 Å². The third-order valence-electron chi connectivity index (χ3n) is 6.90. The zero-order chi connectivity index (χ0) is 19.2. The summed E-state index contributed by atoms with van der Waals surface area (Å²) in [6.45, 7) is 2.26. The lowest BCUT2D eigenvalue weighted by atomic mass is 9.79. The van der Waals surface area contributed by atoms with Gasteiger partial charge in [0.15, 0.2) is 0 Å². The molecule has 1 aliphatic carbocycles. The molecule has 3 aliphatic rings. The van der Waals surface area contributed by atoms with Crippen LogP contribution in [0.1, 0.15) is 42.4 Å². The maximum atomic E-state index is 13.4. The molecule has 1 saturated carbocycles. The van der Waals surface area contributed by atoms with Crippen LogP contribution in [-0.4, -0.2) is 37.6 Å². The highest BCUT2D eigenvalue weighted by molar-refractivity contribution is 5.91. The summed E-state index contributed by atoms with van der Waals surface area (Å²) in [5, 5.41) is 0. The Kier molecular flexibility index (Phi) is 4.20. The summed E-state index contributed by atoms with van der Waals surface area (Å²) in [7, 11) is 1.71. The van der Waals surface area contributed by atoms with Crippen molar-refractivity contribution in [1.29, 1.82) is 0 Å². The molecular weight excluding hydrogens is 350 g/mol. The van der Waals surface area contributed by atoms with E-state index in [9.17, 15) is 4.79 Å². The first kappa shape index (κ1) is 17.7. The van der Waals surface area contributed by atoms with E-state index in [0.717, 1.165) is 57.6 Å². The number of ether oxygens (including phenoxy) is 2. The van der Waals surface area contributed by atoms with E-state index in [4.69, 9.17) is 9.47 Å². The summed E-state index contributed by atoms with van der Waals surface area (Å²) >= 11 is 0. The highest BCUT2D eigenvalue weighted by Gasteiger charge is 2.54. The molecule has 2 fully saturated rings. The number of rotatable bonds is 3. The van der Waals surface area contributed by atoms with E-state index in [1.807, 2.05) is 24.3 Å². The van der Waals surface area contributed by atoms with Gasteiger partial charge in [-0.05, 0) is 60.9 Å². The van der Waals surface area contributed by atoms with E-state index in [2.05, 4.69) is 29.2 Å². The lowest BCUT2D eigenvalue weighted by molar-refractivity contribution is -0.143. The minimum atomic E-state index is -0.273. The van der Waals surface area contributed by atoms with E-state index >= 15 is 0 Å². The zero-order valence-corrected chi connectivity index (χ0v) is 16.4. The van der Waals surface area contributed by atoms with E-state index < -0.39 is 0 Å². The first-order valence-electron chi connectivity index (χ1n) is 10.3. The molecule has 0 N–H and O–H groups in total. The maximum absolute atomic E-state index is 13.4. The monoisotopic (exact) mass is 377 g/mol. The number of carbonyl (C=O) groups is 1. The van der Waals surface area contributed by atoms with E-state index in [0.29, 0.717) is 5.91 Å². The van der Waals surface area contributed by atoms with E-state index in [1.165, 1.54) is 16.7 Å². The van der Waals surface area contributed by atoms with Crippen molar-refractivity contribution >= 4 is 5.91 Å². The fraction of sp³-hybridized carbons (Fsp3) is 0.458. The van der Waals surface area contributed by atoms with Gasteiger partial charge in [-0.1, -0.05) is 36.4 Å². The molecule has 2 aromatic rings. The van der Waals surface area contributed by atoms with Crippen molar-refractivity contribution in [2.45, 2.75) is 43.1 Å². The fourth-order valence-corrected chi connectivity index (χ4v) is 5.08. The summed E-state index contributed by atoms with van der Waals surface area (Å²) in [5.41, 5.74) is 3.26. The fourth-order valence-electron chi connectivity index (χ4n) is 5.08. The van der Waals surface area contributed by atoms with Crippen molar-refractivity contribution in [2.75, 3.05) is 26.8 Å². The van der Waals surface area contributed by atoms with Crippen LogP contribution < -0.4 is 4.74 Å². The van der Waals surface area contributed by atoms with Gasteiger partial charge in [0, 0.05) is 13.1 Å². The van der Waals surface area contributed by atoms with Crippen LogP contribution in [-0.2, 0) is 27.0 Å². The summed E-state index contributed by atoms with van der Waals surface area (Å²) in [5.74, 6) is 1.21. The molecular formula is C24H27NO3. The number of hydrogen-bond acceptors (Lipinski definition) is 3. The van der Waals surface area contributed by atoms with Gasteiger partial charge in [-0.2, -0.15) is 0 Å². The van der Waals surface area contributed by atoms with Crippen molar-refractivity contribution in [2.24, 2.45) is 0 Å². The Labute approximate surface area is 166 Å². The van der Waals surface area contributed by atoms with E-state index in [-0.39, 0.29) is 11.0 Å². The Morgan fingerprint density at radius 3 is 2.46 bits per heavy atom. The molecule has 0 atom stereocenters. The number of fused-ring (bicyclic) bond motifs is 2. The molecule has 146 valence electrons. The molecule has 0 aromatic heterocycles. The molecule has 2 aliphatic heterocycles. The first-order chi connectivity index (χ1) is 13.7. The second kappa shape index (κ2) is 6.63. The number of hydrogen-bond donors (Lipinski definition) is 0. The number of carbonyl (C=O) groups excluding carboxylic acids is 1. The lowest BCUT2D eigenvalue weighted by Gasteiger charge is -2.45. The van der Waals surface area contributed by atoms with E-state index in [1.54, 1.807) is 7.11 Å². The predicted molar refractivity (Wildman–Crippen MR) is 107 cm³/mol. The minimum absolute atomic E-state index is 0.250. The average Bonchev–Trinajstić information content (AvgIpc) is 3.56. The number of piperidine rings is 1. The second-order valence-electron chi connectivity index (χ2n) is 8.36. The third kappa shape index (κ3) is 2.74. The van der Waals surface area contributed by atoms with Gasteiger partial charge in [0.25, 0.3) is 0 Å². The second-order valence-corrected chi connectivity index (χ2v) is 8.36. The predicted octanol–water partition coefficient (Wildman–Crippen LogP) is 3.82. The Bertz CT molecular complexity index is 880. The van der Waals surface area contributed by atoms with Crippen LogP contribution in [0, 0.1) is 0 Å². The summed E-state index contributed by atoms with van der Waals surface area (Å²) in [6, 6.07) is 16.6. The number of nitrogens with zero attached hydrogens (tertiary/aromatic N) is 1. The summed E-state index contributed by atoms with van der Waals surface area (Å²) in [4.78, 5) is 15.4. The zero-order valence-electron chi connectivity index (χ0n) is 16.4. The molecule has 1 spiro atoms. The third-order valence-corrected chi connectivity index (χ3v) is 6.90. The Morgan fingerprint density at radius 1 is 1.04 bits per heavy atom. The molecule has 1 amide bonds. The molecule has 4 nitrogen and oxygen atoms in total. The number of benzene rings is 2. The number of likely N-dealkylation sites (tertiary alicyclic amines) is 1. The largest absolute Gasteiger partial charge is 0.497 e. The SMILES string of the molecule is COc1ccc2c(c1)CCOC21CCN(C(=O)C2(c3ccccc3)CC2)CC1. The summed E-state index contributed by atoms with van der Waals surface area (Å²) in [6.07, 6.45) is 4.59. The van der Waals surface area contributed by atoms with Gasteiger partial charge in [0.05, 0.1) is 24.7 Å².